The van der Waals surface area contributed by atoms with Crippen LogP contribution in [0.1, 0.15) is 11.3 Å². The summed E-state index contributed by atoms with van der Waals surface area (Å²) in [7, 11) is 0. The normalized spacial score (nSPS) is 12.9. The van der Waals surface area contributed by atoms with Crippen LogP contribution < -0.4 is 5.73 Å². The Bertz CT molecular complexity index is 675. The van der Waals surface area contributed by atoms with Crippen molar-refractivity contribution in [1.82, 2.24) is 9.38 Å². The first-order valence-corrected chi connectivity index (χ1v) is 7.86. The minimum absolute atomic E-state index is 0.387. The van der Waals surface area contributed by atoms with Crippen molar-refractivity contribution >= 4 is 27.9 Å². The molecule has 0 aliphatic carbocycles. The number of imidazole rings is 1. The van der Waals surface area contributed by atoms with E-state index in [0.717, 1.165) is 28.5 Å². The molecule has 20 heavy (non-hydrogen) atoms. The van der Waals surface area contributed by atoms with Gasteiger partial charge in [0.2, 0.25) is 0 Å². The number of thiazole rings is 1. The number of nitrogens with zero attached hydrogens (tertiary/aromatic N) is 2. The number of nitrogens with two attached hydrogens (primary N) is 1. The Morgan fingerprint density at radius 2 is 2.25 bits per heavy atom. The number of hydrogen-bond donors (Lipinski definition) is 1. The summed E-state index contributed by atoms with van der Waals surface area (Å²) < 4.78 is 2.06. The maximum Gasteiger partial charge on any atom is 0.193 e. The molecular formula is C15H16ClN3S. The summed E-state index contributed by atoms with van der Waals surface area (Å²) in [5.74, 6) is 0.387. The molecule has 0 aliphatic rings. The van der Waals surface area contributed by atoms with Crippen LogP contribution in [0.25, 0.3) is 4.96 Å². The molecule has 1 aromatic carbocycles. The maximum absolute atomic E-state index is 6.02. The van der Waals surface area contributed by atoms with Crippen molar-refractivity contribution in [3.05, 3.63) is 58.3 Å². The highest BCUT2D eigenvalue weighted by Gasteiger charge is 2.12. The lowest BCUT2D eigenvalue weighted by Gasteiger charge is -2.13. The summed E-state index contributed by atoms with van der Waals surface area (Å²) in [6, 6.07) is 7.99. The third kappa shape index (κ3) is 3.03. The van der Waals surface area contributed by atoms with E-state index in [9.17, 15) is 0 Å². The highest BCUT2D eigenvalue weighted by Crippen LogP contribution is 2.18. The molecule has 1 atom stereocenters. The van der Waals surface area contributed by atoms with Gasteiger partial charge in [-0.05, 0) is 43.0 Å². The van der Waals surface area contributed by atoms with Gasteiger partial charge in [0.25, 0.3) is 0 Å². The Kier molecular flexibility index (Phi) is 4.05. The summed E-state index contributed by atoms with van der Waals surface area (Å²) in [5.41, 5.74) is 8.25. The van der Waals surface area contributed by atoms with E-state index in [1.54, 1.807) is 11.3 Å². The summed E-state index contributed by atoms with van der Waals surface area (Å²) in [5, 5.41) is 2.82. The largest absolute Gasteiger partial charge is 0.330 e. The molecule has 0 spiro atoms. The zero-order valence-corrected chi connectivity index (χ0v) is 12.6. The topological polar surface area (TPSA) is 43.3 Å². The second-order valence-electron chi connectivity index (χ2n) is 4.96. The molecule has 0 amide bonds. The standard InChI is InChI=1S/C15H16ClN3S/c16-13-3-1-2-11(7-13)6-12(9-17)8-14-10-19-4-5-20-15(19)18-14/h1-5,7,10,12H,6,8-9,17H2. The Hall–Kier alpha value is -1.36. The molecule has 0 saturated carbocycles. The fourth-order valence-electron chi connectivity index (χ4n) is 2.41. The third-order valence-electron chi connectivity index (χ3n) is 3.39. The van der Waals surface area contributed by atoms with Crippen LogP contribution in [0, 0.1) is 5.92 Å². The van der Waals surface area contributed by atoms with Gasteiger partial charge in [0.1, 0.15) is 0 Å². The highest BCUT2D eigenvalue weighted by atomic mass is 35.5. The predicted molar refractivity (Wildman–Crippen MR) is 84.5 cm³/mol. The number of aromatic nitrogens is 2. The zero-order valence-electron chi connectivity index (χ0n) is 11.0. The van der Waals surface area contributed by atoms with E-state index in [0.29, 0.717) is 12.5 Å². The van der Waals surface area contributed by atoms with Gasteiger partial charge in [-0.2, -0.15) is 0 Å². The Balaban J connectivity index is 1.72. The van der Waals surface area contributed by atoms with E-state index in [1.165, 1.54) is 5.56 Å². The molecule has 5 heteroatoms. The number of fused-ring (bicyclic) bond motifs is 1. The molecule has 3 aromatic rings. The molecule has 2 heterocycles. The van der Waals surface area contributed by atoms with Crippen LogP contribution in [-0.2, 0) is 12.8 Å². The molecular weight excluding hydrogens is 290 g/mol. The lowest BCUT2D eigenvalue weighted by Crippen LogP contribution is -2.19. The molecule has 3 nitrogen and oxygen atoms in total. The molecule has 0 bridgehead atoms. The van der Waals surface area contributed by atoms with Crippen LogP contribution in [0.2, 0.25) is 5.02 Å². The van der Waals surface area contributed by atoms with Gasteiger partial charge in [-0.1, -0.05) is 23.7 Å². The van der Waals surface area contributed by atoms with Crippen LogP contribution in [0.15, 0.2) is 42.0 Å². The molecule has 2 N–H and O–H groups in total. The van der Waals surface area contributed by atoms with Crippen LogP contribution in [0.5, 0.6) is 0 Å². The average Bonchev–Trinajstić information content (AvgIpc) is 2.98. The molecule has 0 radical (unpaired) electrons. The zero-order chi connectivity index (χ0) is 13.9. The van der Waals surface area contributed by atoms with Crippen molar-refractivity contribution in [2.45, 2.75) is 12.8 Å². The van der Waals surface area contributed by atoms with E-state index in [-0.39, 0.29) is 0 Å². The SMILES string of the molecule is NCC(Cc1cccc(Cl)c1)Cc1cn2ccsc2n1. The van der Waals surface area contributed by atoms with Crippen molar-refractivity contribution < 1.29 is 0 Å². The second kappa shape index (κ2) is 5.95. The van der Waals surface area contributed by atoms with E-state index in [1.807, 2.05) is 29.8 Å². The molecule has 0 aliphatic heterocycles. The van der Waals surface area contributed by atoms with E-state index < -0.39 is 0 Å². The predicted octanol–water partition coefficient (Wildman–Crippen LogP) is 3.41. The van der Waals surface area contributed by atoms with Gasteiger partial charge in [-0.3, -0.25) is 4.40 Å². The summed E-state index contributed by atoms with van der Waals surface area (Å²) in [4.78, 5) is 5.66. The van der Waals surface area contributed by atoms with Crippen LogP contribution in [0.4, 0.5) is 0 Å². The van der Waals surface area contributed by atoms with Gasteiger partial charge in [-0.25, -0.2) is 4.98 Å². The first-order chi connectivity index (χ1) is 9.74. The van der Waals surface area contributed by atoms with Gasteiger partial charge in [0.15, 0.2) is 4.96 Å². The fraction of sp³-hybridized carbons (Fsp3) is 0.267. The minimum atomic E-state index is 0.387. The van der Waals surface area contributed by atoms with E-state index >= 15 is 0 Å². The molecule has 1 unspecified atom stereocenters. The number of halogens is 1. The molecule has 2 aromatic heterocycles. The summed E-state index contributed by atoms with van der Waals surface area (Å²) in [6.07, 6.45) is 5.96. The highest BCUT2D eigenvalue weighted by molar-refractivity contribution is 7.15. The van der Waals surface area contributed by atoms with Gasteiger partial charge >= 0.3 is 0 Å². The third-order valence-corrected chi connectivity index (χ3v) is 4.39. The van der Waals surface area contributed by atoms with Gasteiger partial charge in [0.05, 0.1) is 5.69 Å². The average molecular weight is 306 g/mol. The first kappa shape index (κ1) is 13.6. The van der Waals surface area contributed by atoms with Crippen LogP contribution in [0.3, 0.4) is 0 Å². The Labute approximate surface area is 127 Å². The van der Waals surface area contributed by atoms with Crippen molar-refractivity contribution in [3.8, 4) is 0 Å². The van der Waals surface area contributed by atoms with Crippen molar-refractivity contribution in [2.24, 2.45) is 11.7 Å². The minimum Gasteiger partial charge on any atom is -0.330 e. The van der Waals surface area contributed by atoms with Crippen molar-refractivity contribution in [1.29, 1.82) is 0 Å². The monoisotopic (exact) mass is 305 g/mol. The van der Waals surface area contributed by atoms with Crippen LogP contribution >= 0.6 is 22.9 Å². The fourth-order valence-corrected chi connectivity index (χ4v) is 3.34. The lowest BCUT2D eigenvalue weighted by atomic mass is 9.95. The van der Waals surface area contributed by atoms with Crippen molar-refractivity contribution in [2.75, 3.05) is 6.54 Å². The molecule has 0 fully saturated rings. The summed E-state index contributed by atoms with van der Waals surface area (Å²) >= 11 is 7.68. The van der Waals surface area contributed by atoms with Gasteiger partial charge < -0.3 is 5.73 Å². The Morgan fingerprint density at radius 3 is 3.00 bits per heavy atom. The smallest absolute Gasteiger partial charge is 0.193 e. The number of rotatable bonds is 5. The van der Waals surface area contributed by atoms with E-state index in [4.69, 9.17) is 17.3 Å². The first-order valence-electron chi connectivity index (χ1n) is 6.60. The van der Waals surface area contributed by atoms with Crippen molar-refractivity contribution in [3.63, 3.8) is 0 Å². The van der Waals surface area contributed by atoms with E-state index in [2.05, 4.69) is 21.6 Å². The molecule has 3 rings (SSSR count). The quantitative estimate of drug-likeness (QED) is 0.785. The van der Waals surface area contributed by atoms with Gasteiger partial charge in [0, 0.05) is 22.8 Å². The van der Waals surface area contributed by atoms with Gasteiger partial charge in [-0.15, -0.1) is 11.3 Å². The number of hydrogen-bond acceptors (Lipinski definition) is 3. The lowest BCUT2D eigenvalue weighted by molar-refractivity contribution is 0.528. The Morgan fingerprint density at radius 1 is 1.35 bits per heavy atom. The summed E-state index contributed by atoms with van der Waals surface area (Å²) in [6.45, 7) is 0.650. The number of benzene rings is 1. The van der Waals surface area contributed by atoms with Crippen LogP contribution in [-0.4, -0.2) is 15.9 Å². The maximum atomic E-state index is 6.02. The molecule has 0 saturated heterocycles. The second-order valence-corrected chi connectivity index (χ2v) is 6.27. The molecule has 104 valence electrons.